The standard InChI is InChI=1S/C12H19NO3S/c1-2-11-7-3-4-8-12(11)16-9-5-6-10-17(13,14)15/h3-4,7-8H,2,5-6,9-10H2,1H3,(H2,13,14,15). The Hall–Kier alpha value is -1.07. The van der Waals surface area contributed by atoms with E-state index < -0.39 is 10.0 Å². The third kappa shape index (κ3) is 5.70. The molecule has 0 saturated heterocycles. The fraction of sp³-hybridized carbons (Fsp3) is 0.500. The molecule has 1 aromatic rings. The molecule has 0 aliphatic rings. The van der Waals surface area contributed by atoms with E-state index >= 15 is 0 Å². The number of hydrogen-bond donors (Lipinski definition) is 1. The summed E-state index contributed by atoms with van der Waals surface area (Å²) in [5.74, 6) is 0.900. The molecule has 0 spiro atoms. The van der Waals surface area contributed by atoms with E-state index in [-0.39, 0.29) is 5.75 Å². The normalized spacial score (nSPS) is 11.4. The molecular formula is C12H19NO3S. The molecule has 1 aromatic carbocycles. The minimum atomic E-state index is -3.34. The highest BCUT2D eigenvalue weighted by molar-refractivity contribution is 7.89. The van der Waals surface area contributed by atoms with Crippen molar-refractivity contribution < 1.29 is 13.2 Å². The van der Waals surface area contributed by atoms with E-state index in [1.807, 2.05) is 24.3 Å². The zero-order chi connectivity index (χ0) is 12.7. The van der Waals surface area contributed by atoms with Gasteiger partial charge in [-0.15, -0.1) is 0 Å². The summed E-state index contributed by atoms with van der Waals surface area (Å²) < 4.78 is 27.0. The highest BCUT2D eigenvalue weighted by atomic mass is 32.2. The lowest BCUT2D eigenvalue weighted by Gasteiger charge is -2.09. The second-order valence-electron chi connectivity index (χ2n) is 3.88. The van der Waals surface area contributed by atoms with Gasteiger partial charge in [-0.2, -0.15) is 0 Å². The number of benzene rings is 1. The van der Waals surface area contributed by atoms with E-state index in [9.17, 15) is 8.42 Å². The van der Waals surface area contributed by atoms with Gasteiger partial charge in [-0.25, -0.2) is 13.6 Å². The molecule has 0 heterocycles. The molecule has 5 heteroatoms. The second kappa shape index (κ2) is 6.61. The van der Waals surface area contributed by atoms with E-state index in [1.165, 1.54) is 5.56 Å². The van der Waals surface area contributed by atoms with Crippen molar-refractivity contribution >= 4 is 10.0 Å². The van der Waals surface area contributed by atoms with Crippen LogP contribution in [0.2, 0.25) is 0 Å². The summed E-state index contributed by atoms with van der Waals surface area (Å²) >= 11 is 0. The predicted octanol–water partition coefficient (Wildman–Crippen LogP) is 1.70. The first-order valence-corrected chi connectivity index (χ1v) is 7.45. The minimum Gasteiger partial charge on any atom is -0.493 e. The highest BCUT2D eigenvalue weighted by Crippen LogP contribution is 2.18. The van der Waals surface area contributed by atoms with E-state index in [0.29, 0.717) is 19.4 Å². The summed E-state index contributed by atoms with van der Waals surface area (Å²) in [6.07, 6.45) is 2.15. The van der Waals surface area contributed by atoms with Gasteiger partial charge in [0, 0.05) is 0 Å². The largest absolute Gasteiger partial charge is 0.493 e. The number of hydrogen-bond acceptors (Lipinski definition) is 3. The number of para-hydroxylation sites is 1. The Labute approximate surface area is 103 Å². The maximum Gasteiger partial charge on any atom is 0.209 e. The average molecular weight is 257 g/mol. The third-order valence-corrected chi connectivity index (χ3v) is 3.29. The average Bonchev–Trinajstić information content (AvgIpc) is 2.27. The molecule has 0 radical (unpaired) electrons. The van der Waals surface area contributed by atoms with Crippen LogP contribution >= 0.6 is 0 Å². The summed E-state index contributed by atoms with van der Waals surface area (Å²) in [5.41, 5.74) is 1.17. The fourth-order valence-electron chi connectivity index (χ4n) is 1.52. The van der Waals surface area contributed by atoms with Gasteiger partial charge in [0.2, 0.25) is 10.0 Å². The van der Waals surface area contributed by atoms with E-state index in [0.717, 1.165) is 12.2 Å². The Morgan fingerprint density at radius 1 is 1.24 bits per heavy atom. The van der Waals surface area contributed by atoms with Crippen molar-refractivity contribution in [3.8, 4) is 5.75 Å². The van der Waals surface area contributed by atoms with Crippen LogP contribution in [0.15, 0.2) is 24.3 Å². The predicted molar refractivity (Wildman–Crippen MR) is 68.5 cm³/mol. The summed E-state index contributed by atoms with van der Waals surface area (Å²) in [6, 6.07) is 7.86. The Morgan fingerprint density at radius 3 is 2.59 bits per heavy atom. The van der Waals surface area contributed by atoms with Gasteiger partial charge < -0.3 is 4.74 Å². The van der Waals surface area contributed by atoms with Crippen LogP contribution in [0.4, 0.5) is 0 Å². The second-order valence-corrected chi connectivity index (χ2v) is 5.62. The van der Waals surface area contributed by atoms with Crippen molar-refractivity contribution in [2.45, 2.75) is 26.2 Å². The highest BCUT2D eigenvalue weighted by Gasteiger charge is 2.03. The molecule has 0 saturated carbocycles. The molecule has 0 atom stereocenters. The van der Waals surface area contributed by atoms with Gasteiger partial charge in [-0.3, -0.25) is 0 Å². The fourth-order valence-corrected chi connectivity index (χ4v) is 2.13. The lowest BCUT2D eigenvalue weighted by molar-refractivity contribution is 0.306. The van der Waals surface area contributed by atoms with Gasteiger partial charge >= 0.3 is 0 Å². The lowest BCUT2D eigenvalue weighted by atomic mass is 10.1. The van der Waals surface area contributed by atoms with Crippen LogP contribution in [0, 0.1) is 0 Å². The number of ether oxygens (including phenoxy) is 1. The molecule has 0 fully saturated rings. The summed E-state index contributed by atoms with van der Waals surface area (Å²) in [4.78, 5) is 0. The number of unbranched alkanes of at least 4 members (excludes halogenated alkanes) is 1. The molecule has 17 heavy (non-hydrogen) atoms. The molecule has 0 unspecified atom stereocenters. The molecule has 0 amide bonds. The van der Waals surface area contributed by atoms with Gasteiger partial charge in [-0.1, -0.05) is 25.1 Å². The van der Waals surface area contributed by atoms with Crippen LogP contribution in [-0.2, 0) is 16.4 Å². The van der Waals surface area contributed by atoms with Crippen molar-refractivity contribution in [2.24, 2.45) is 5.14 Å². The number of rotatable bonds is 7. The van der Waals surface area contributed by atoms with Crippen molar-refractivity contribution in [1.82, 2.24) is 0 Å². The minimum absolute atomic E-state index is 0.0196. The van der Waals surface area contributed by atoms with Crippen LogP contribution in [0.3, 0.4) is 0 Å². The Morgan fingerprint density at radius 2 is 1.94 bits per heavy atom. The maximum absolute atomic E-state index is 10.7. The number of aryl methyl sites for hydroxylation is 1. The quantitative estimate of drug-likeness (QED) is 0.756. The van der Waals surface area contributed by atoms with Crippen LogP contribution < -0.4 is 9.88 Å². The first kappa shape index (κ1) is 14.0. The van der Waals surface area contributed by atoms with E-state index in [1.54, 1.807) is 0 Å². The number of sulfonamides is 1. The third-order valence-electron chi connectivity index (χ3n) is 2.43. The zero-order valence-electron chi connectivity index (χ0n) is 10.1. The lowest BCUT2D eigenvalue weighted by Crippen LogP contribution is -2.16. The SMILES string of the molecule is CCc1ccccc1OCCCCS(N)(=O)=O. The zero-order valence-corrected chi connectivity index (χ0v) is 10.9. The monoisotopic (exact) mass is 257 g/mol. The van der Waals surface area contributed by atoms with Crippen molar-refractivity contribution in [2.75, 3.05) is 12.4 Å². The van der Waals surface area contributed by atoms with Crippen LogP contribution in [0.1, 0.15) is 25.3 Å². The Kier molecular flexibility index (Phi) is 5.44. The molecule has 4 nitrogen and oxygen atoms in total. The smallest absolute Gasteiger partial charge is 0.209 e. The first-order valence-electron chi connectivity index (χ1n) is 5.74. The Balaban J connectivity index is 2.31. The Bertz CT molecular complexity index is 443. The van der Waals surface area contributed by atoms with E-state index in [2.05, 4.69) is 6.92 Å². The molecular weight excluding hydrogens is 238 g/mol. The maximum atomic E-state index is 10.7. The summed E-state index contributed by atoms with van der Waals surface area (Å²) in [6.45, 7) is 2.59. The van der Waals surface area contributed by atoms with Crippen LogP contribution in [-0.4, -0.2) is 20.8 Å². The molecule has 0 aliphatic carbocycles. The number of nitrogens with two attached hydrogens (primary N) is 1. The number of primary sulfonamides is 1. The van der Waals surface area contributed by atoms with Gasteiger partial charge in [0.15, 0.2) is 0 Å². The first-order chi connectivity index (χ1) is 8.03. The van der Waals surface area contributed by atoms with Crippen molar-refractivity contribution in [1.29, 1.82) is 0 Å². The van der Waals surface area contributed by atoms with Gasteiger partial charge in [0.1, 0.15) is 5.75 Å². The van der Waals surface area contributed by atoms with Crippen molar-refractivity contribution in [3.05, 3.63) is 29.8 Å². The van der Waals surface area contributed by atoms with E-state index in [4.69, 9.17) is 9.88 Å². The van der Waals surface area contributed by atoms with Gasteiger partial charge in [0.05, 0.1) is 12.4 Å². The summed E-state index contributed by atoms with van der Waals surface area (Å²) in [5, 5.41) is 4.91. The van der Waals surface area contributed by atoms with Gasteiger partial charge in [0.25, 0.3) is 0 Å². The molecule has 0 aliphatic heterocycles. The van der Waals surface area contributed by atoms with Gasteiger partial charge in [-0.05, 0) is 30.9 Å². The molecule has 0 bridgehead atoms. The van der Waals surface area contributed by atoms with Crippen molar-refractivity contribution in [3.63, 3.8) is 0 Å². The molecule has 2 N–H and O–H groups in total. The topological polar surface area (TPSA) is 69.4 Å². The summed E-state index contributed by atoms with van der Waals surface area (Å²) in [7, 11) is -3.34. The molecule has 96 valence electrons. The molecule has 0 aromatic heterocycles. The van der Waals surface area contributed by atoms with Crippen LogP contribution in [0.5, 0.6) is 5.75 Å². The molecule has 1 rings (SSSR count). The van der Waals surface area contributed by atoms with Crippen LogP contribution in [0.25, 0.3) is 0 Å².